The van der Waals surface area contributed by atoms with Crippen LogP contribution in [-0.2, 0) is 6.54 Å². The number of aryl methyl sites for hydroxylation is 1. The molecule has 0 aromatic carbocycles. The largest absolute Gasteiger partial charge is 0.392 e. The summed E-state index contributed by atoms with van der Waals surface area (Å²) < 4.78 is 0. The first-order valence-corrected chi connectivity index (χ1v) is 6.48. The van der Waals surface area contributed by atoms with Gasteiger partial charge in [0.15, 0.2) is 0 Å². The van der Waals surface area contributed by atoms with E-state index in [0.717, 1.165) is 25.1 Å². The highest BCUT2D eigenvalue weighted by atomic mass is 16.3. The summed E-state index contributed by atoms with van der Waals surface area (Å²) >= 11 is 0. The Labute approximate surface area is 104 Å². The van der Waals surface area contributed by atoms with Gasteiger partial charge in [0.25, 0.3) is 0 Å². The summed E-state index contributed by atoms with van der Waals surface area (Å²) in [6, 6.07) is 4.01. The maximum absolute atomic E-state index is 9.98. The van der Waals surface area contributed by atoms with Gasteiger partial charge < -0.3 is 10.4 Å². The van der Waals surface area contributed by atoms with Crippen LogP contribution in [0.1, 0.15) is 37.9 Å². The third-order valence-corrected chi connectivity index (χ3v) is 3.38. The third kappa shape index (κ3) is 4.44. The van der Waals surface area contributed by atoms with E-state index >= 15 is 0 Å². The summed E-state index contributed by atoms with van der Waals surface area (Å²) in [5.41, 5.74) is 2.25. The van der Waals surface area contributed by atoms with Gasteiger partial charge in [-0.25, -0.2) is 0 Å². The molecule has 0 radical (unpaired) electrons. The summed E-state index contributed by atoms with van der Waals surface area (Å²) in [6.07, 6.45) is 3.62. The Morgan fingerprint density at radius 2 is 2.06 bits per heavy atom. The van der Waals surface area contributed by atoms with Crippen LogP contribution in [0.25, 0.3) is 0 Å². The maximum Gasteiger partial charge on any atom is 0.0692 e. The molecule has 1 unspecified atom stereocenters. The first-order valence-electron chi connectivity index (χ1n) is 6.48. The number of aliphatic hydroxyl groups is 1. The van der Waals surface area contributed by atoms with Crippen molar-refractivity contribution in [1.29, 1.82) is 0 Å². The van der Waals surface area contributed by atoms with Gasteiger partial charge in [0.1, 0.15) is 0 Å². The van der Waals surface area contributed by atoms with Crippen molar-refractivity contribution in [2.75, 3.05) is 6.54 Å². The molecule has 0 saturated heterocycles. The molecule has 1 aromatic heterocycles. The molecule has 0 fully saturated rings. The van der Waals surface area contributed by atoms with Gasteiger partial charge in [0.2, 0.25) is 0 Å². The second-order valence-electron chi connectivity index (χ2n) is 4.52. The molecule has 2 N–H and O–H groups in total. The Kier molecular flexibility index (Phi) is 6.16. The zero-order valence-electron chi connectivity index (χ0n) is 11.1. The summed E-state index contributed by atoms with van der Waals surface area (Å²) in [7, 11) is 0. The number of rotatable bonds is 7. The second kappa shape index (κ2) is 7.41. The van der Waals surface area contributed by atoms with Crippen molar-refractivity contribution < 1.29 is 5.11 Å². The maximum atomic E-state index is 9.98. The highest BCUT2D eigenvalue weighted by molar-refractivity contribution is 5.17. The molecular formula is C14H24N2O. The van der Waals surface area contributed by atoms with Gasteiger partial charge in [-0.05, 0) is 24.5 Å². The van der Waals surface area contributed by atoms with Gasteiger partial charge in [-0.15, -0.1) is 0 Å². The quantitative estimate of drug-likeness (QED) is 0.763. The standard InChI is InChI=1S/C14H24N2O/c1-4-12(5-2)14(17)10-15-9-13-7-6-8-16-11(13)3/h6-8,12,14-15,17H,4-5,9-10H2,1-3H3. The van der Waals surface area contributed by atoms with Crippen molar-refractivity contribution in [2.24, 2.45) is 5.92 Å². The normalized spacial score (nSPS) is 13.0. The van der Waals surface area contributed by atoms with E-state index in [4.69, 9.17) is 0 Å². The molecule has 3 heteroatoms. The first kappa shape index (κ1) is 14.1. The zero-order valence-corrected chi connectivity index (χ0v) is 11.1. The SMILES string of the molecule is CCC(CC)C(O)CNCc1cccnc1C. The van der Waals surface area contributed by atoms with E-state index in [0.29, 0.717) is 12.5 Å². The molecule has 0 aliphatic carbocycles. The second-order valence-corrected chi connectivity index (χ2v) is 4.52. The van der Waals surface area contributed by atoms with Gasteiger partial charge in [-0.3, -0.25) is 4.98 Å². The number of hydrogen-bond acceptors (Lipinski definition) is 3. The van der Waals surface area contributed by atoms with E-state index in [2.05, 4.69) is 30.2 Å². The molecule has 0 bridgehead atoms. The van der Waals surface area contributed by atoms with Crippen LogP contribution in [0.5, 0.6) is 0 Å². The lowest BCUT2D eigenvalue weighted by atomic mass is 9.96. The smallest absolute Gasteiger partial charge is 0.0692 e. The molecule has 0 spiro atoms. The summed E-state index contributed by atoms with van der Waals surface area (Å²) in [6.45, 7) is 7.69. The molecule has 17 heavy (non-hydrogen) atoms. The molecule has 3 nitrogen and oxygen atoms in total. The Bertz CT molecular complexity index is 324. The minimum atomic E-state index is -0.248. The van der Waals surface area contributed by atoms with E-state index in [1.165, 1.54) is 5.56 Å². The van der Waals surface area contributed by atoms with Gasteiger partial charge in [0.05, 0.1) is 6.10 Å². The lowest BCUT2D eigenvalue weighted by molar-refractivity contribution is 0.101. The van der Waals surface area contributed by atoms with Gasteiger partial charge >= 0.3 is 0 Å². The van der Waals surface area contributed by atoms with Crippen LogP contribution in [-0.4, -0.2) is 22.7 Å². The van der Waals surface area contributed by atoms with E-state index in [9.17, 15) is 5.11 Å². The third-order valence-electron chi connectivity index (χ3n) is 3.38. The molecule has 0 saturated carbocycles. The highest BCUT2D eigenvalue weighted by Gasteiger charge is 2.14. The number of aromatic nitrogens is 1. The molecule has 0 amide bonds. The Balaban J connectivity index is 2.35. The summed E-state index contributed by atoms with van der Waals surface area (Å²) in [5, 5.41) is 13.3. The van der Waals surface area contributed by atoms with Gasteiger partial charge in [-0.2, -0.15) is 0 Å². The van der Waals surface area contributed by atoms with Crippen molar-refractivity contribution in [1.82, 2.24) is 10.3 Å². The molecule has 1 atom stereocenters. The molecular weight excluding hydrogens is 212 g/mol. The zero-order chi connectivity index (χ0) is 12.7. The predicted octanol–water partition coefficient (Wildman–Crippen LogP) is 2.28. The minimum absolute atomic E-state index is 0.248. The van der Waals surface area contributed by atoms with E-state index < -0.39 is 0 Å². The lowest BCUT2D eigenvalue weighted by Gasteiger charge is -2.20. The van der Waals surface area contributed by atoms with Crippen LogP contribution in [0.15, 0.2) is 18.3 Å². The van der Waals surface area contributed by atoms with Crippen molar-refractivity contribution in [3.63, 3.8) is 0 Å². The van der Waals surface area contributed by atoms with Crippen LogP contribution >= 0.6 is 0 Å². The Morgan fingerprint density at radius 3 is 2.65 bits per heavy atom. The molecule has 1 heterocycles. The van der Waals surface area contributed by atoms with Crippen molar-refractivity contribution in [3.8, 4) is 0 Å². The van der Waals surface area contributed by atoms with Crippen LogP contribution in [0.4, 0.5) is 0 Å². The highest BCUT2D eigenvalue weighted by Crippen LogP contribution is 2.12. The van der Waals surface area contributed by atoms with Crippen molar-refractivity contribution in [3.05, 3.63) is 29.6 Å². The number of hydrogen-bond donors (Lipinski definition) is 2. The van der Waals surface area contributed by atoms with E-state index in [-0.39, 0.29) is 6.10 Å². The van der Waals surface area contributed by atoms with Gasteiger partial charge in [-0.1, -0.05) is 32.8 Å². The van der Waals surface area contributed by atoms with Crippen LogP contribution in [0.2, 0.25) is 0 Å². The number of nitrogens with zero attached hydrogens (tertiary/aromatic N) is 1. The minimum Gasteiger partial charge on any atom is -0.392 e. The molecule has 1 rings (SSSR count). The predicted molar refractivity (Wildman–Crippen MR) is 70.8 cm³/mol. The summed E-state index contributed by atoms with van der Waals surface area (Å²) in [4.78, 5) is 4.24. The monoisotopic (exact) mass is 236 g/mol. The van der Waals surface area contributed by atoms with Crippen LogP contribution < -0.4 is 5.32 Å². The Hall–Kier alpha value is -0.930. The van der Waals surface area contributed by atoms with Crippen molar-refractivity contribution >= 4 is 0 Å². The van der Waals surface area contributed by atoms with E-state index in [1.807, 2.05) is 13.0 Å². The number of pyridine rings is 1. The fourth-order valence-corrected chi connectivity index (χ4v) is 2.06. The van der Waals surface area contributed by atoms with Crippen LogP contribution in [0, 0.1) is 12.8 Å². The fourth-order valence-electron chi connectivity index (χ4n) is 2.06. The molecule has 1 aromatic rings. The lowest BCUT2D eigenvalue weighted by Crippen LogP contribution is -2.32. The Morgan fingerprint density at radius 1 is 1.35 bits per heavy atom. The average molecular weight is 236 g/mol. The van der Waals surface area contributed by atoms with E-state index in [1.54, 1.807) is 6.20 Å². The topological polar surface area (TPSA) is 45.1 Å². The average Bonchev–Trinajstić information content (AvgIpc) is 2.33. The first-order chi connectivity index (χ1) is 8.19. The number of aliphatic hydroxyl groups excluding tert-OH is 1. The van der Waals surface area contributed by atoms with Crippen molar-refractivity contribution in [2.45, 2.75) is 46.3 Å². The molecule has 0 aliphatic rings. The molecule has 0 aliphatic heterocycles. The van der Waals surface area contributed by atoms with Gasteiger partial charge in [0, 0.05) is 25.0 Å². The fraction of sp³-hybridized carbons (Fsp3) is 0.643. The van der Waals surface area contributed by atoms with Crippen LogP contribution in [0.3, 0.4) is 0 Å². The number of nitrogens with one attached hydrogen (secondary N) is 1. The summed E-state index contributed by atoms with van der Waals surface area (Å²) in [5.74, 6) is 0.400. The molecule has 96 valence electrons.